The summed E-state index contributed by atoms with van der Waals surface area (Å²) in [7, 11) is 1.58. The molecule has 7 heteroatoms. The molecule has 2 aromatic carbocycles. The second-order valence-corrected chi connectivity index (χ2v) is 8.81. The van der Waals surface area contributed by atoms with Crippen LogP contribution in [0.1, 0.15) is 43.9 Å². The minimum Gasteiger partial charge on any atom is -0.497 e. The van der Waals surface area contributed by atoms with Crippen molar-refractivity contribution in [3.05, 3.63) is 59.2 Å². The molecule has 0 aromatic heterocycles. The zero-order valence-corrected chi connectivity index (χ0v) is 17.7. The Balaban J connectivity index is 1.63. The Bertz CT molecular complexity index is 970. The van der Waals surface area contributed by atoms with Crippen LogP contribution in [0.25, 0.3) is 0 Å². The summed E-state index contributed by atoms with van der Waals surface area (Å²) < 4.78 is 45.1. The van der Waals surface area contributed by atoms with Crippen LogP contribution in [-0.4, -0.2) is 29.9 Å². The number of rotatable bonds is 5. The summed E-state index contributed by atoms with van der Waals surface area (Å²) >= 11 is 0. The van der Waals surface area contributed by atoms with Crippen molar-refractivity contribution in [2.45, 2.75) is 50.9 Å². The van der Waals surface area contributed by atoms with Gasteiger partial charge in [-0.3, -0.25) is 4.79 Å². The molecule has 5 nitrogen and oxygen atoms in total. The second kappa shape index (κ2) is 8.11. The lowest BCUT2D eigenvalue weighted by atomic mass is 9.71. The Hall–Kier alpha value is -2.67. The van der Waals surface area contributed by atoms with Crippen LogP contribution in [0.3, 0.4) is 0 Å². The van der Waals surface area contributed by atoms with E-state index in [1.807, 2.05) is 32.0 Å². The number of ether oxygens (including phenoxy) is 3. The number of hydrogen-bond donors (Lipinski definition) is 1. The summed E-state index contributed by atoms with van der Waals surface area (Å²) in [6.07, 6.45) is 0.0673. The predicted molar refractivity (Wildman–Crippen MR) is 109 cm³/mol. The molecule has 0 bridgehead atoms. The van der Waals surface area contributed by atoms with Gasteiger partial charge in [0, 0.05) is 17.5 Å². The average molecular weight is 432 g/mol. The molecular weight excluding hydrogens is 406 g/mol. The van der Waals surface area contributed by atoms with Gasteiger partial charge in [0.1, 0.15) is 28.7 Å². The van der Waals surface area contributed by atoms with Crippen LogP contribution < -0.4 is 9.47 Å². The molecule has 1 N–H and O–H groups in total. The molecule has 2 aliphatic rings. The summed E-state index contributed by atoms with van der Waals surface area (Å²) in [5.41, 5.74) is 0.687. The van der Waals surface area contributed by atoms with Crippen molar-refractivity contribution in [2.24, 2.45) is 11.8 Å². The van der Waals surface area contributed by atoms with Gasteiger partial charge in [0.25, 0.3) is 0 Å². The number of halogens is 2. The maximum absolute atomic E-state index is 13.6. The average Bonchev–Trinajstić information content (AvgIpc) is 2.70. The molecule has 31 heavy (non-hydrogen) atoms. The first-order valence-electron chi connectivity index (χ1n) is 10.4. The zero-order chi connectivity index (χ0) is 22.3. The first kappa shape index (κ1) is 21.6. The molecule has 4 atom stereocenters. The van der Waals surface area contributed by atoms with Crippen LogP contribution in [-0.2, 0) is 16.0 Å². The third-order valence-corrected chi connectivity index (χ3v) is 6.39. The van der Waals surface area contributed by atoms with E-state index >= 15 is 0 Å². The number of carboxylic acids is 1. The first-order valence-corrected chi connectivity index (χ1v) is 10.4. The summed E-state index contributed by atoms with van der Waals surface area (Å²) in [5, 5.41) is 9.87. The summed E-state index contributed by atoms with van der Waals surface area (Å²) in [6, 6.07) is 8.86. The Morgan fingerprint density at radius 2 is 1.90 bits per heavy atom. The first-order chi connectivity index (χ1) is 14.7. The summed E-state index contributed by atoms with van der Waals surface area (Å²) in [6.45, 7) is 3.88. The third-order valence-electron chi connectivity index (χ3n) is 6.39. The van der Waals surface area contributed by atoms with Crippen molar-refractivity contribution in [3.63, 3.8) is 0 Å². The van der Waals surface area contributed by atoms with Crippen LogP contribution >= 0.6 is 0 Å². The van der Waals surface area contributed by atoms with Crippen molar-refractivity contribution in [3.8, 4) is 11.5 Å². The predicted octanol–water partition coefficient (Wildman–Crippen LogP) is 4.92. The lowest BCUT2D eigenvalue weighted by Crippen LogP contribution is -2.52. The van der Waals surface area contributed by atoms with Gasteiger partial charge in [0.2, 0.25) is 0 Å². The van der Waals surface area contributed by atoms with E-state index < -0.39 is 35.2 Å². The number of benzene rings is 2. The van der Waals surface area contributed by atoms with Crippen molar-refractivity contribution in [1.29, 1.82) is 0 Å². The Labute approximate surface area is 179 Å². The molecule has 1 saturated heterocycles. The van der Waals surface area contributed by atoms with Gasteiger partial charge in [-0.15, -0.1) is 0 Å². The number of aliphatic carboxylic acids is 1. The number of carbonyl (C=O) groups is 1. The standard InChI is InChI=1S/C24H26F2O5/c1-24(2)19-12-18(23(27)28)20(6-4-13-8-14(25)10-15(26)9-13)30-22(19)17-11-16(29-3)5-7-21(17)31-24/h5,7-11,18-20,22H,4,6,12H2,1-3H3,(H,27,28)/t18-,19+,20+,22-/m1/s1. The lowest BCUT2D eigenvalue weighted by Gasteiger charge is -2.50. The van der Waals surface area contributed by atoms with Crippen LogP contribution in [0, 0.1) is 23.5 Å². The third kappa shape index (κ3) is 4.24. The molecule has 2 aromatic rings. The minimum atomic E-state index is -0.943. The number of aryl methyl sites for hydroxylation is 1. The maximum atomic E-state index is 13.6. The van der Waals surface area contributed by atoms with Gasteiger partial charge in [0.15, 0.2) is 0 Å². The molecule has 166 valence electrons. The van der Waals surface area contributed by atoms with Crippen molar-refractivity contribution in [2.75, 3.05) is 7.11 Å². The SMILES string of the molecule is COc1ccc2c(c1)[C@H]1O[C@@H](CCc3cc(F)cc(F)c3)[C@H](C(=O)O)C[C@@H]1C(C)(C)O2. The Morgan fingerprint density at radius 1 is 1.19 bits per heavy atom. The van der Waals surface area contributed by atoms with E-state index in [0.717, 1.165) is 11.6 Å². The van der Waals surface area contributed by atoms with E-state index in [2.05, 4.69) is 0 Å². The normalized spacial score (nSPS) is 26.4. The van der Waals surface area contributed by atoms with Crippen LogP contribution in [0.2, 0.25) is 0 Å². The zero-order valence-electron chi connectivity index (χ0n) is 17.7. The Kier molecular flexibility index (Phi) is 5.64. The molecule has 2 heterocycles. The van der Waals surface area contributed by atoms with Gasteiger partial charge < -0.3 is 19.3 Å². The highest BCUT2D eigenvalue weighted by molar-refractivity contribution is 5.71. The highest BCUT2D eigenvalue weighted by Crippen LogP contribution is 2.53. The molecule has 0 radical (unpaired) electrons. The summed E-state index contributed by atoms with van der Waals surface area (Å²) in [5.74, 6) is -1.81. The van der Waals surface area contributed by atoms with E-state index in [-0.39, 0.29) is 12.0 Å². The molecule has 0 unspecified atom stereocenters. The molecule has 1 fully saturated rings. The topological polar surface area (TPSA) is 65.0 Å². The number of fused-ring (bicyclic) bond motifs is 3. The molecule has 2 aliphatic heterocycles. The molecule has 0 saturated carbocycles. The van der Waals surface area contributed by atoms with Gasteiger partial charge in [-0.05, 0) is 69.0 Å². The van der Waals surface area contributed by atoms with E-state index in [1.165, 1.54) is 12.1 Å². The van der Waals surface area contributed by atoms with Crippen molar-refractivity contribution >= 4 is 5.97 Å². The number of hydrogen-bond acceptors (Lipinski definition) is 4. The van der Waals surface area contributed by atoms with E-state index in [0.29, 0.717) is 36.3 Å². The quantitative estimate of drug-likeness (QED) is 0.726. The fraction of sp³-hybridized carbons (Fsp3) is 0.458. The number of methoxy groups -OCH3 is 1. The highest BCUT2D eigenvalue weighted by Gasteiger charge is 2.52. The number of carboxylic acid groups (broad SMARTS) is 1. The largest absolute Gasteiger partial charge is 0.497 e. The van der Waals surface area contributed by atoms with Crippen LogP contribution in [0.4, 0.5) is 8.78 Å². The van der Waals surface area contributed by atoms with Gasteiger partial charge in [-0.25, -0.2) is 8.78 Å². The van der Waals surface area contributed by atoms with Gasteiger partial charge >= 0.3 is 5.97 Å². The van der Waals surface area contributed by atoms with Gasteiger partial charge in [0.05, 0.1) is 25.2 Å². The van der Waals surface area contributed by atoms with Crippen molar-refractivity contribution < 1.29 is 32.9 Å². The van der Waals surface area contributed by atoms with E-state index in [4.69, 9.17) is 14.2 Å². The maximum Gasteiger partial charge on any atom is 0.309 e. The van der Waals surface area contributed by atoms with E-state index in [9.17, 15) is 18.7 Å². The smallest absolute Gasteiger partial charge is 0.309 e. The highest BCUT2D eigenvalue weighted by atomic mass is 19.1. The monoisotopic (exact) mass is 432 g/mol. The fourth-order valence-corrected chi connectivity index (χ4v) is 4.79. The van der Waals surface area contributed by atoms with Gasteiger partial charge in [-0.1, -0.05) is 0 Å². The van der Waals surface area contributed by atoms with Crippen LogP contribution in [0.15, 0.2) is 36.4 Å². The second-order valence-electron chi connectivity index (χ2n) is 8.81. The Morgan fingerprint density at radius 3 is 2.55 bits per heavy atom. The van der Waals surface area contributed by atoms with Crippen molar-refractivity contribution in [1.82, 2.24) is 0 Å². The fourth-order valence-electron chi connectivity index (χ4n) is 4.79. The van der Waals surface area contributed by atoms with Gasteiger partial charge in [-0.2, -0.15) is 0 Å². The van der Waals surface area contributed by atoms with E-state index in [1.54, 1.807) is 7.11 Å². The molecule has 0 amide bonds. The molecular formula is C24H26F2O5. The summed E-state index contributed by atoms with van der Waals surface area (Å²) in [4.78, 5) is 12.1. The molecule has 0 spiro atoms. The van der Waals surface area contributed by atoms with Crippen LogP contribution in [0.5, 0.6) is 11.5 Å². The molecule has 4 rings (SSSR count). The molecule has 0 aliphatic carbocycles. The minimum absolute atomic E-state index is 0.170. The lowest BCUT2D eigenvalue weighted by molar-refractivity contribution is -0.188.